The number of nitrogens with one attached hydrogen (secondary N) is 1. The van der Waals surface area contributed by atoms with E-state index in [0.29, 0.717) is 23.3 Å². The molecule has 1 N–H and O–H groups in total. The number of hydrogen-bond acceptors (Lipinski definition) is 7. The van der Waals surface area contributed by atoms with E-state index in [1.54, 1.807) is 49.4 Å². The maximum Gasteiger partial charge on any atom is 0.540 e. The van der Waals surface area contributed by atoms with Gasteiger partial charge in [0.15, 0.2) is 12.3 Å². The zero-order valence-corrected chi connectivity index (χ0v) is 23.1. The Labute approximate surface area is 217 Å². The molecular formula is C25H29N3O5P2S+2. The van der Waals surface area contributed by atoms with Crippen LogP contribution in [0.15, 0.2) is 84.0 Å². The van der Waals surface area contributed by atoms with Gasteiger partial charge in [-0.3, -0.25) is 4.52 Å². The molecule has 0 spiro atoms. The summed E-state index contributed by atoms with van der Waals surface area (Å²) in [6, 6.07) is 24.4. The first-order valence-electron chi connectivity index (χ1n) is 10.9. The number of hydrogen-bond donors (Lipinski definition) is 1. The Bertz CT molecular complexity index is 1240. The number of ether oxygens (including phenoxy) is 1. The summed E-state index contributed by atoms with van der Waals surface area (Å²) in [7, 11) is 1.12. The highest BCUT2D eigenvalue weighted by Crippen LogP contribution is 2.48. The monoisotopic (exact) mass is 545 g/mol. The maximum absolute atomic E-state index is 13.2. The zero-order valence-electron chi connectivity index (χ0n) is 20.5. The second-order valence-corrected chi connectivity index (χ2v) is 11.8. The van der Waals surface area contributed by atoms with Crippen LogP contribution >= 0.6 is 14.7 Å². The van der Waals surface area contributed by atoms with Gasteiger partial charge in [-0.1, -0.05) is 35.1 Å². The minimum Gasteiger partial charge on any atom is -0.497 e. The molecule has 36 heavy (non-hydrogen) atoms. The Morgan fingerprint density at radius 3 is 2.17 bits per heavy atom. The summed E-state index contributed by atoms with van der Waals surface area (Å²) in [5, 5.41) is 4.38. The van der Waals surface area contributed by atoms with E-state index in [1.165, 1.54) is 14.2 Å². The maximum atomic E-state index is 13.2. The van der Waals surface area contributed by atoms with Crippen molar-refractivity contribution in [1.82, 2.24) is 4.78 Å². The van der Waals surface area contributed by atoms with E-state index >= 15 is 0 Å². The SMILES string of the molecule is COc1ccc(/C=N/N(C)[P+](=S)Oc2ccc(C(=[NH+]Cc3ccccc3)P(=O)(OC)OC)cc2)cc1. The van der Waals surface area contributed by atoms with E-state index in [0.717, 1.165) is 16.9 Å². The van der Waals surface area contributed by atoms with Crippen LogP contribution in [0.25, 0.3) is 0 Å². The molecule has 1 atom stereocenters. The van der Waals surface area contributed by atoms with Crippen LogP contribution in [0, 0.1) is 0 Å². The van der Waals surface area contributed by atoms with E-state index in [-0.39, 0.29) is 0 Å². The third-order valence-electron chi connectivity index (χ3n) is 5.09. The molecule has 8 nitrogen and oxygen atoms in total. The fourth-order valence-electron chi connectivity index (χ4n) is 3.10. The number of nitrogens with zero attached hydrogens (tertiary/aromatic N) is 2. The van der Waals surface area contributed by atoms with Crippen molar-refractivity contribution in [2.24, 2.45) is 5.10 Å². The molecular weight excluding hydrogens is 516 g/mol. The van der Waals surface area contributed by atoms with E-state index < -0.39 is 14.7 Å². The molecule has 3 rings (SSSR count). The lowest BCUT2D eigenvalue weighted by Gasteiger charge is -2.12. The molecule has 0 radical (unpaired) electrons. The standard InChI is InChI=1S/C25H28N3O5P2S/c1-28(27-19-21-10-14-23(30-2)15-11-21)34(36)33-24-16-12-22(13-17-24)25(35(29,31-3)32-4)26-18-20-8-6-5-7-9-20/h5-17,19H,18H2,1-4H3/q+1/p+1/b26-25?,27-19+. The summed E-state index contributed by atoms with van der Waals surface area (Å²) in [5.74, 6) is 1.35. The van der Waals surface area contributed by atoms with Crippen molar-refractivity contribution in [2.45, 2.75) is 6.54 Å². The van der Waals surface area contributed by atoms with Crippen LogP contribution < -0.4 is 14.3 Å². The Kier molecular flexibility index (Phi) is 10.3. The van der Waals surface area contributed by atoms with E-state index in [4.69, 9.17) is 30.1 Å². The first-order chi connectivity index (χ1) is 17.4. The fourth-order valence-corrected chi connectivity index (χ4v) is 5.29. The molecule has 188 valence electrons. The molecule has 0 heterocycles. The highest BCUT2D eigenvalue weighted by Gasteiger charge is 2.37. The van der Waals surface area contributed by atoms with E-state index in [9.17, 15) is 4.57 Å². The number of hydrazone groups is 1. The largest absolute Gasteiger partial charge is 0.540 e. The van der Waals surface area contributed by atoms with Crippen LogP contribution in [-0.2, 0) is 32.0 Å². The smallest absolute Gasteiger partial charge is 0.497 e. The fraction of sp³-hybridized carbons (Fsp3) is 0.200. The highest BCUT2D eigenvalue weighted by molar-refractivity contribution is 8.02. The van der Waals surface area contributed by atoms with Crippen molar-refractivity contribution in [3.8, 4) is 11.5 Å². The Balaban J connectivity index is 1.72. The average Bonchev–Trinajstić information content (AvgIpc) is 2.93. The summed E-state index contributed by atoms with van der Waals surface area (Å²) in [4.78, 5) is 3.22. The molecule has 3 aromatic carbocycles. The van der Waals surface area contributed by atoms with Gasteiger partial charge in [0.05, 0.1) is 25.9 Å². The van der Waals surface area contributed by atoms with Gasteiger partial charge in [-0.15, -0.1) is 5.10 Å². The Morgan fingerprint density at radius 2 is 1.58 bits per heavy atom. The second kappa shape index (κ2) is 13.4. The molecule has 11 heteroatoms. The summed E-state index contributed by atoms with van der Waals surface area (Å²) in [5.41, 5.74) is 2.97. The molecule has 0 aliphatic heterocycles. The lowest BCUT2D eigenvalue weighted by atomic mass is 10.2. The van der Waals surface area contributed by atoms with Gasteiger partial charge in [-0.05, 0) is 54.1 Å². The lowest BCUT2D eigenvalue weighted by molar-refractivity contribution is -0.472. The van der Waals surface area contributed by atoms with Crippen LogP contribution in [-0.4, -0.2) is 44.8 Å². The molecule has 0 aromatic heterocycles. The molecule has 0 saturated carbocycles. The van der Waals surface area contributed by atoms with Gasteiger partial charge >= 0.3 is 14.7 Å². The first-order valence-corrected chi connectivity index (χ1v) is 14.7. The number of methoxy groups -OCH3 is 1. The minimum absolute atomic E-state index is 0.366. The topological polar surface area (TPSA) is 83.6 Å². The van der Waals surface area contributed by atoms with Crippen molar-refractivity contribution in [3.63, 3.8) is 0 Å². The van der Waals surface area contributed by atoms with Gasteiger partial charge in [0.1, 0.15) is 5.75 Å². The average molecular weight is 546 g/mol. The molecule has 0 aliphatic carbocycles. The molecule has 3 aromatic rings. The van der Waals surface area contributed by atoms with Gasteiger partial charge in [0, 0.05) is 19.8 Å². The van der Waals surface area contributed by atoms with Crippen molar-refractivity contribution < 1.29 is 27.9 Å². The summed E-state index contributed by atoms with van der Waals surface area (Å²) in [6.07, 6.45) is 1.71. The van der Waals surface area contributed by atoms with Crippen LogP contribution in [0.2, 0.25) is 0 Å². The molecule has 0 fully saturated rings. The summed E-state index contributed by atoms with van der Waals surface area (Å²) in [6.45, 7) is 0.458. The third kappa shape index (κ3) is 7.53. The van der Waals surface area contributed by atoms with Gasteiger partial charge in [-0.25, -0.2) is 9.56 Å². The van der Waals surface area contributed by atoms with Gasteiger partial charge in [-0.2, -0.15) is 0 Å². The van der Waals surface area contributed by atoms with Crippen LogP contribution in [0.1, 0.15) is 16.7 Å². The third-order valence-corrected chi connectivity index (χ3v) is 8.90. The first kappa shape index (κ1) is 27.7. The normalized spacial score (nSPS) is 12.4. The highest BCUT2D eigenvalue weighted by atomic mass is 32.4. The molecule has 1 unspecified atom stereocenters. The van der Waals surface area contributed by atoms with Crippen LogP contribution in [0.4, 0.5) is 0 Å². The minimum atomic E-state index is -3.54. The Hall–Kier alpha value is -2.93. The molecule has 0 aliphatic rings. The van der Waals surface area contributed by atoms with E-state index in [1.807, 2.05) is 54.6 Å². The molecule has 0 saturated heterocycles. The van der Waals surface area contributed by atoms with Crippen molar-refractivity contribution in [3.05, 3.63) is 95.6 Å². The predicted octanol–water partition coefficient (Wildman–Crippen LogP) is 4.33. The van der Waals surface area contributed by atoms with Gasteiger partial charge in [0.2, 0.25) is 11.8 Å². The molecule has 0 amide bonds. The number of benzene rings is 3. The quantitative estimate of drug-likeness (QED) is 0.206. The number of rotatable bonds is 12. The lowest BCUT2D eigenvalue weighted by Crippen LogP contribution is -2.71. The van der Waals surface area contributed by atoms with Crippen LogP contribution in [0.5, 0.6) is 11.5 Å². The van der Waals surface area contributed by atoms with Gasteiger partial charge < -0.3 is 13.8 Å². The zero-order chi connectivity index (χ0) is 26.0. The predicted molar refractivity (Wildman–Crippen MR) is 147 cm³/mol. The Morgan fingerprint density at radius 1 is 0.972 bits per heavy atom. The van der Waals surface area contributed by atoms with Crippen LogP contribution in [0.3, 0.4) is 0 Å². The molecule has 0 bridgehead atoms. The van der Waals surface area contributed by atoms with Crippen molar-refractivity contribution in [1.29, 1.82) is 0 Å². The van der Waals surface area contributed by atoms with Gasteiger partial charge in [0.25, 0.3) is 5.45 Å². The van der Waals surface area contributed by atoms with Crippen molar-refractivity contribution in [2.75, 3.05) is 28.4 Å². The second-order valence-electron chi connectivity index (χ2n) is 7.41. The van der Waals surface area contributed by atoms with Crippen molar-refractivity contribution >= 4 is 38.1 Å². The van der Waals surface area contributed by atoms with E-state index in [2.05, 4.69) is 10.1 Å². The summed E-state index contributed by atoms with van der Waals surface area (Å²) < 4.78 is 36.4. The summed E-state index contributed by atoms with van der Waals surface area (Å²) >= 11 is 5.51.